The summed E-state index contributed by atoms with van der Waals surface area (Å²) in [6, 6.07) is 5.72. The van der Waals surface area contributed by atoms with Gasteiger partial charge in [-0.1, -0.05) is 6.07 Å². The van der Waals surface area contributed by atoms with Crippen molar-refractivity contribution in [3.05, 3.63) is 46.7 Å². The number of aryl methyl sites for hydroxylation is 3. The van der Waals surface area contributed by atoms with Gasteiger partial charge in [-0.25, -0.2) is 4.98 Å². The van der Waals surface area contributed by atoms with Gasteiger partial charge in [0.25, 0.3) is 0 Å². The number of aromatic nitrogens is 1. The Hall–Kier alpha value is -2.10. The number of nitrogens with zero attached hydrogens (tertiary/aromatic N) is 1. The lowest BCUT2D eigenvalue weighted by atomic mass is 9.90. The highest BCUT2D eigenvalue weighted by Gasteiger charge is 2.17. The van der Waals surface area contributed by atoms with E-state index in [1.54, 1.807) is 0 Å². The fourth-order valence-corrected chi connectivity index (χ4v) is 2.44. The monoisotopic (exact) mass is 271 g/mol. The van der Waals surface area contributed by atoms with Gasteiger partial charge in [0.2, 0.25) is 5.89 Å². The van der Waals surface area contributed by atoms with Crippen LogP contribution in [0.1, 0.15) is 46.1 Å². The number of Topliss-reactive ketones (excluding diaryl/α,β-unsaturated/α-hetero) is 1. The number of hydrogen-bond donors (Lipinski definition) is 0. The zero-order valence-corrected chi connectivity index (χ0v) is 11.7. The second-order valence-electron chi connectivity index (χ2n) is 5.13. The average Bonchev–Trinajstić information content (AvgIpc) is 2.76. The van der Waals surface area contributed by atoms with Crippen molar-refractivity contribution in [3.63, 3.8) is 0 Å². The van der Waals surface area contributed by atoms with E-state index in [0.29, 0.717) is 18.1 Å². The molecule has 0 N–H and O–H groups in total. The van der Waals surface area contributed by atoms with Gasteiger partial charge in [-0.15, -0.1) is 0 Å². The first-order valence-electron chi connectivity index (χ1n) is 6.85. The minimum absolute atomic E-state index is 0.208. The first-order chi connectivity index (χ1) is 9.63. The molecule has 3 rings (SSSR count). The third-order valence-corrected chi connectivity index (χ3v) is 3.67. The van der Waals surface area contributed by atoms with Crippen LogP contribution in [0.3, 0.4) is 0 Å². The molecule has 1 aromatic heterocycles. The van der Waals surface area contributed by atoms with Crippen molar-refractivity contribution >= 4 is 5.78 Å². The summed E-state index contributed by atoms with van der Waals surface area (Å²) in [4.78, 5) is 16.1. The van der Waals surface area contributed by atoms with Crippen molar-refractivity contribution in [2.45, 2.75) is 39.7 Å². The predicted octanol–water partition coefficient (Wildman–Crippen LogP) is 3.39. The van der Waals surface area contributed by atoms with Crippen LogP contribution in [0.15, 0.2) is 22.6 Å². The van der Waals surface area contributed by atoms with Gasteiger partial charge in [0.15, 0.2) is 12.4 Å². The van der Waals surface area contributed by atoms with Crippen molar-refractivity contribution < 1.29 is 13.9 Å². The molecular formula is C16H17NO3. The minimum atomic E-state index is 0.208. The lowest BCUT2D eigenvalue weighted by Gasteiger charge is -2.15. The number of rotatable bonds is 3. The number of benzene rings is 1. The molecule has 4 heteroatoms. The standard InChI is InChI=1S/C16H17NO3/c1-10-11(2)20-16(17-10)9-19-13-7-6-12-4-3-5-15(18)14(12)8-13/h6-8H,3-5,9H2,1-2H3. The number of carbonyl (C=O) groups excluding carboxylic acids is 1. The lowest BCUT2D eigenvalue weighted by molar-refractivity contribution is 0.0972. The molecule has 0 spiro atoms. The molecule has 0 saturated carbocycles. The number of ketones is 1. The van der Waals surface area contributed by atoms with Gasteiger partial charge in [0, 0.05) is 12.0 Å². The molecule has 1 aliphatic rings. The summed E-state index contributed by atoms with van der Waals surface area (Å²) in [5, 5.41) is 0. The van der Waals surface area contributed by atoms with Crippen molar-refractivity contribution in [1.29, 1.82) is 0 Å². The first-order valence-corrected chi connectivity index (χ1v) is 6.85. The van der Waals surface area contributed by atoms with Gasteiger partial charge in [0.05, 0.1) is 5.69 Å². The predicted molar refractivity (Wildman–Crippen MR) is 74.0 cm³/mol. The zero-order chi connectivity index (χ0) is 14.1. The molecule has 1 aromatic carbocycles. The van der Waals surface area contributed by atoms with Gasteiger partial charge < -0.3 is 9.15 Å². The highest BCUT2D eigenvalue weighted by Crippen LogP contribution is 2.26. The van der Waals surface area contributed by atoms with E-state index in [-0.39, 0.29) is 12.4 Å². The highest BCUT2D eigenvalue weighted by molar-refractivity contribution is 5.98. The Morgan fingerprint density at radius 3 is 2.90 bits per heavy atom. The molecule has 2 aromatic rings. The molecule has 0 saturated heterocycles. The number of ether oxygens (including phenoxy) is 1. The summed E-state index contributed by atoms with van der Waals surface area (Å²) in [7, 11) is 0. The van der Waals surface area contributed by atoms with E-state index in [0.717, 1.165) is 35.4 Å². The Morgan fingerprint density at radius 1 is 1.30 bits per heavy atom. The summed E-state index contributed by atoms with van der Waals surface area (Å²) in [6.07, 6.45) is 2.55. The topological polar surface area (TPSA) is 52.3 Å². The first kappa shape index (κ1) is 12.9. The van der Waals surface area contributed by atoms with E-state index in [1.165, 1.54) is 0 Å². The Balaban J connectivity index is 1.75. The number of hydrogen-bond acceptors (Lipinski definition) is 4. The van der Waals surface area contributed by atoms with Crippen LogP contribution >= 0.6 is 0 Å². The van der Waals surface area contributed by atoms with E-state index in [1.807, 2.05) is 32.0 Å². The molecule has 0 aliphatic heterocycles. The number of oxazole rings is 1. The average molecular weight is 271 g/mol. The van der Waals surface area contributed by atoms with Crippen LogP contribution in [0.25, 0.3) is 0 Å². The van der Waals surface area contributed by atoms with Crippen LogP contribution in [-0.2, 0) is 13.0 Å². The van der Waals surface area contributed by atoms with Crippen molar-refractivity contribution in [1.82, 2.24) is 4.98 Å². The largest absolute Gasteiger partial charge is 0.484 e. The summed E-state index contributed by atoms with van der Waals surface area (Å²) in [5.41, 5.74) is 2.80. The minimum Gasteiger partial charge on any atom is -0.484 e. The normalized spacial score (nSPS) is 14.2. The second kappa shape index (κ2) is 5.12. The second-order valence-corrected chi connectivity index (χ2v) is 5.13. The van der Waals surface area contributed by atoms with Crippen molar-refractivity contribution in [2.75, 3.05) is 0 Å². The molecule has 0 radical (unpaired) electrons. The molecule has 0 bridgehead atoms. The summed E-state index contributed by atoms with van der Waals surface area (Å²) < 4.78 is 11.1. The van der Waals surface area contributed by atoms with Crippen LogP contribution in [0.2, 0.25) is 0 Å². The maximum absolute atomic E-state index is 11.9. The molecule has 0 atom stereocenters. The molecular weight excluding hydrogens is 254 g/mol. The fourth-order valence-electron chi connectivity index (χ4n) is 2.44. The number of fused-ring (bicyclic) bond motifs is 1. The molecule has 0 unspecified atom stereocenters. The smallest absolute Gasteiger partial charge is 0.232 e. The van der Waals surface area contributed by atoms with Crippen LogP contribution in [0.5, 0.6) is 5.75 Å². The Labute approximate surface area is 117 Å². The molecule has 1 aliphatic carbocycles. The van der Waals surface area contributed by atoms with Crippen LogP contribution in [-0.4, -0.2) is 10.8 Å². The molecule has 20 heavy (non-hydrogen) atoms. The fraction of sp³-hybridized carbons (Fsp3) is 0.375. The van der Waals surface area contributed by atoms with Crippen LogP contribution < -0.4 is 4.74 Å². The Morgan fingerprint density at radius 2 is 2.15 bits per heavy atom. The molecule has 0 fully saturated rings. The van der Waals surface area contributed by atoms with Gasteiger partial charge in [-0.2, -0.15) is 0 Å². The lowest BCUT2D eigenvalue weighted by Crippen LogP contribution is -2.10. The van der Waals surface area contributed by atoms with Crippen molar-refractivity contribution in [3.8, 4) is 5.75 Å². The number of carbonyl (C=O) groups is 1. The highest BCUT2D eigenvalue weighted by atomic mass is 16.5. The van der Waals surface area contributed by atoms with E-state index in [4.69, 9.17) is 9.15 Å². The quantitative estimate of drug-likeness (QED) is 0.858. The van der Waals surface area contributed by atoms with Crippen LogP contribution in [0, 0.1) is 13.8 Å². The van der Waals surface area contributed by atoms with Gasteiger partial charge in [-0.3, -0.25) is 4.79 Å². The van der Waals surface area contributed by atoms with Crippen molar-refractivity contribution in [2.24, 2.45) is 0 Å². The van der Waals surface area contributed by atoms with E-state index < -0.39 is 0 Å². The Kier molecular flexibility index (Phi) is 3.30. The van der Waals surface area contributed by atoms with E-state index >= 15 is 0 Å². The molecule has 104 valence electrons. The maximum atomic E-state index is 11.9. The van der Waals surface area contributed by atoms with Gasteiger partial charge in [0.1, 0.15) is 11.5 Å². The zero-order valence-electron chi connectivity index (χ0n) is 11.7. The SMILES string of the molecule is Cc1nc(COc2ccc3c(c2)C(=O)CCC3)oc1C. The Bertz CT molecular complexity index is 638. The van der Waals surface area contributed by atoms with Gasteiger partial charge in [-0.05, 0) is 44.4 Å². The molecule has 0 amide bonds. The molecule has 1 heterocycles. The third-order valence-electron chi connectivity index (χ3n) is 3.67. The van der Waals surface area contributed by atoms with E-state index in [9.17, 15) is 4.79 Å². The van der Waals surface area contributed by atoms with Gasteiger partial charge >= 0.3 is 0 Å². The summed E-state index contributed by atoms with van der Waals surface area (Å²) in [6.45, 7) is 4.06. The maximum Gasteiger partial charge on any atom is 0.232 e. The summed E-state index contributed by atoms with van der Waals surface area (Å²) >= 11 is 0. The third kappa shape index (κ3) is 2.46. The van der Waals surface area contributed by atoms with E-state index in [2.05, 4.69) is 4.98 Å². The molecule has 4 nitrogen and oxygen atoms in total. The summed E-state index contributed by atoms with van der Waals surface area (Å²) in [5.74, 6) is 2.26. The van der Waals surface area contributed by atoms with Crippen LogP contribution in [0.4, 0.5) is 0 Å².